The minimum Gasteiger partial charge on any atom is -0.354 e. The first-order valence-electron chi connectivity index (χ1n) is 14.7. The van der Waals surface area contributed by atoms with E-state index in [1.807, 2.05) is 48.2 Å². The Morgan fingerprint density at radius 2 is 1.62 bits per heavy atom. The van der Waals surface area contributed by atoms with E-state index < -0.39 is 0 Å². The number of hydrogen-bond donors (Lipinski definition) is 0. The second-order valence-electron chi connectivity index (χ2n) is 11.3. The van der Waals surface area contributed by atoms with Gasteiger partial charge in [-0.25, -0.2) is 19.0 Å². The molecule has 7 nitrogen and oxygen atoms in total. The molecule has 5 aromatic rings. The average Bonchev–Trinajstić information content (AvgIpc) is 3.80. The zero-order valence-electron chi connectivity index (χ0n) is 23.7. The summed E-state index contributed by atoms with van der Waals surface area (Å²) < 4.78 is 15.5. The van der Waals surface area contributed by atoms with Crippen LogP contribution in [0.5, 0.6) is 0 Å². The summed E-state index contributed by atoms with van der Waals surface area (Å²) in [5.41, 5.74) is 4.65. The summed E-state index contributed by atoms with van der Waals surface area (Å²) in [6, 6.07) is 26.9. The average molecular weight is 561 g/mol. The van der Waals surface area contributed by atoms with Crippen molar-refractivity contribution in [3.05, 3.63) is 113 Å². The van der Waals surface area contributed by atoms with Crippen LogP contribution >= 0.6 is 0 Å². The number of carbonyl (C=O) groups is 1. The first kappa shape index (κ1) is 26.3. The van der Waals surface area contributed by atoms with E-state index in [9.17, 15) is 9.18 Å². The SMILES string of the molecule is Cc1nn(-c2ccc(F)cc2)c2nc(Cc3ccccc3)nc(N3CCCN(C(=O)[C@H]4C[C@H]4c4ccccc4)CC3)c12. The van der Waals surface area contributed by atoms with E-state index in [1.165, 1.54) is 17.7 Å². The van der Waals surface area contributed by atoms with E-state index in [2.05, 4.69) is 29.2 Å². The Kier molecular flexibility index (Phi) is 6.90. The highest BCUT2D eigenvalue weighted by molar-refractivity contribution is 5.91. The summed E-state index contributed by atoms with van der Waals surface area (Å²) in [5.74, 6) is 1.94. The Labute approximate surface area is 244 Å². The molecule has 2 atom stereocenters. The Bertz CT molecular complexity index is 1720. The Morgan fingerprint density at radius 1 is 0.881 bits per heavy atom. The third-order valence-electron chi connectivity index (χ3n) is 8.45. The van der Waals surface area contributed by atoms with Crippen LogP contribution in [0.15, 0.2) is 84.9 Å². The Hall–Kier alpha value is -4.59. The number of hydrogen-bond acceptors (Lipinski definition) is 5. The third-order valence-corrected chi connectivity index (χ3v) is 8.45. The van der Waals surface area contributed by atoms with E-state index >= 15 is 0 Å². The van der Waals surface area contributed by atoms with Gasteiger partial charge in [-0.05, 0) is 61.1 Å². The number of aryl methyl sites for hydroxylation is 1. The lowest BCUT2D eigenvalue weighted by Gasteiger charge is -2.24. The van der Waals surface area contributed by atoms with Gasteiger partial charge in [0.05, 0.1) is 16.8 Å². The largest absolute Gasteiger partial charge is 0.354 e. The quantitative estimate of drug-likeness (QED) is 0.267. The van der Waals surface area contributed by atoms with Crippen LogP contribution in [0.2, 0.25) is 0 Å². The molecule has 1 saturated heterocycles. The fraction of sp³-hybridized carbons (Fsp3) is 0.294. The highest BCUT2D eigenvalue weighted by atomic mass is 19.1. The highest BCUT2D eigenvalue weighted by Crippen LogP contribution is 2.48. The van der Waals surface area contributed by atoms with Crippen LogP contribution in [0.25, 0.3) is 16.7 Å². The lowest BCUT2D eigenvalue weighted by Crippen LogP contribution is -2.36. The first-order chi connectivity index (χ1) is 20.5. The van der Waals surface area contributed by atoms with Crippen molar-refractivity contribution in [2.75, 3.05) is 31.1 Å². The predicted molar refractivity (Wildman–Crippen MR) is 161 cm³/mol. The molecule has 1 amide bonds. The summed E-state index contributed by atoms with van der Waals surface area (Å²) in [7, 11) is 0. The molecule has 42 heavy (non-hydrogen) atoms. The molecular formula is C34H33FN6O. The van der Waals surface area contributed by atoms with Gasteiger partial charge in [-0.3, -0.25) is 4.79 Å². The zero-order chi connectivity index (χ0) is 28.6. The van der Waals surface area contributed by atoms with Crippen molar-refractivity contribution < 1.29 is 9.18 Å². The molecule has 0 radical (unpaired) electrons. The molecule has 0 spiro atoms. The van der Waals surface area contributed by atoms with E-state index in [0.717, 1.165) is 54.1 Å². The monoisotopic (exact) mass is 560 g/mol. The molecule has 7 rings (SSSR count). The summed E-state index contributed by atoms with van der Waals surface area (Å²) in [6.07, 6.45) is 2.37. The van der Waals surface area contributed by atoms with Crippen molar-refractivity contribution >= 4 is 22.8 Å². The third kappa shape index (κ3) is 5.13. The fourth-order valence-corrected chi connectivity index (χ4v) is 6.17. The maximum absolute atomic E-state index is 13.7. The first-order valence-corrected chi connectivity index (χ1v) is 14.7. The van der Waals surface area contributed by atoms with Crippen molar-refractivity contribution in [3.63, 3.8) is 0 Å². The normalized spacial score (nSPS) is 18.7. The maximum Gasteiger partial charge on any atom is 0.226 e. The van der Waals surface area contributed by atoms with Crippen LogP contribution < -0.4 is 4.90 Å². The molecule has 0 unspecified atom stereocenters. The van der Waals surface area contributed by atoms with Gasteiger partial charge in [0.15, 0.2) is 5.65 Å². The van der Waals surface area contributed by atoms with E-state index in [4.69, 9.17) is 15.1 Å². The molecule has 8 heteroatoms. The molecule has 1 aliphatic heterocycles. The van der Waals surface area contributed by atoms with Gasteiger partial charge >= 0.3 is 0 Å². The minimum atomic E-state index is -0.294. The second-order valence-corrected chi connectivity index (χ2v) is 11.3. The lowest BCUT2D eigenvalue weighted by atomic mass is 10.1. The summed E-state index contributed by atoms with van der Waals surface area (Å²) in [4.78, 5) is 27.9. The standard InChI is InChI=1S/C34H33FN6O/c1-23-31-32(39-17-8-18-40(20-19-39)34(42)29-22-28(29)25-11-6-3-7-12-25)36-30(21-24-9-4-2-5-10-24)37-33(31)41(38-23)27-15-13-26(35)14-16-27/h2-7,9-16,28-29H,8,17-22H2,1H3/t28-,29-/m0/s1. The van der Waals surface area contributed by atoms with Crippen molar-refractivity contribution in [3.8, 4) is 5.69 Å². The number of benzene rings is 3. The lowest BCUT2D eigenvalue weighted by molar-refractivity contribution is -0.132. The van der Waals surface area contributed by atoms with Gasteiger partial charge in [-0.15, -0.1) is 0 Å². The van der Waals surface area contributed by atoms with Gasteiger partial charge in [0.1, 0.15) is 17.5 Å². The number of anilines is 1. The van der Waals surface area contributed by atoms with Crippen LogP contribution in [0.1, 0.15) is 41.4 Å². The Morgan fingerprint density at radius 3 is 2.38 bits per heavy atom. The van der Waals surface area contributed by atoms with Gasteiger partial charge in [0.25, 0.3) is 0 Å². The molecule has 212 valence electrons. The van der Waals surface area contributed by atoms with Crippen molar-refractivity contribution in [2.45, 2.75) is 32.1 Å². The number of halogens is 1. The zero-order valence-corrected chi connectivity index (χ0v) is 23.7. The molecule has 2 aliphatic rings. The van der Waals surface area contributed by atoms with Crippen LogP contribution in [-0.2, 0) is 11.2 Å². The van der Waals surface area contributed by atoms with Crippen molar-refractivity contribution in [1.29, 1.82) is 0 Å². The van der Waals surface area contributed by atoms with Gasteiger partial charge < -0.3 is 9.80 Å². The number of nitrogens with zero attached hydrogens (tertiary/aromatic N) is 6. The van der Waals surface area contributed by atoms with Crippen LogP contribution in [-0.4, -0.2) is 56.7 Å². The predicted octanol–water partition coefficient (Wildman–Crippen LogP) is 5.70. The summed E-state index contributed by atoms with van der Waals surface area (Å²) >= 11 is 0. The fourth-order valence-electron chi connectivity index (χ4n) is 6.17. The molecule has 3 heterocycles. The maximum atomic E-state index is 13.7. The minimum absolute atomic E-state index is 0.0818. The van der Waals surface area contributed by atoms with E-state index in [-0.39, 0.29) is 17.6 Å². The van der Waals surface area contributed by atoms with Gasteiger partial charge in [0.2, 0.25) is 5.91 Å². The molecule has 2 fully saturated rings. The number of rotatable bonds is 6. The van der Waals surface area contributed by atoms with Crippen molar-refractivity contribution in [1.82, 2.24) is 24.6 Å². The molecule has 1 aliphatic carbocycles. The van der Waals surface area contributed by atoms with Crippen LogP contribution in [0.4, 0.5) is 10.2 Å². The summed E-state index contributed by atoms with van der Waals surface area (Å²) in [5, 5.41) is 5.72. The smallest absolute Gasteiger partial charge is 0.226 e. The molecule has 0 N–H and O–H groups in total. The second kappa shape index (κ2) is 11.0. The van der Waals surface area contributed by atoms with Crippen LogP contribution in [0, 0.1) is 18.7 Å². The summed E-state index contributed by atoms with van der Waals surface area (Å²) in [6.45, 7) is 4.84. The number of aromatic nitrogens is 4. The van der Waals surface area contributed by atoms with Gasteiger partial charge in [-0.2, -0.15) is 5.10 Å². The molecule has 0 bridgehead atoms. The molecular weight excluding hydrogens is 527 g/mol. The molecule has 2 aromatic heterocycles. The van der Waals surface area contributed by atoms with E-state index in [0.29, 0.717) is 36.9 Å². The van der Waals surface area contributed by atoms with Crippen molar-refractivity contribution in [2.24, 2.45) is 5.92 Å². The number of amides is 1. The number of carbonyl (C=O) groups excluding carboxylic acids is 1. The topological polar surface area (TPSA) is 67.2 Å². The molecule has 3 aromatic carbocycles. The van der Waals surface area contributed by atoms with Gasteiger partial charge in [-0.1, -0.05) is 60.7 Å². The van der Waals surface area contributed by atoms with Crippen LogP contribution in [0.3, 0.4) is 0 Å². The van der Waals surface area contributed by atoms with Gasteiger partial charge in [0, 0.05) is 38.5 Å². The number of fused-ring (bicyclic) bond motifs is 1. The Balaban J connectivity index is 1.19. The highest BCUT2D eigenvalue weighted by Gasteiger charge is 2.45. The molecule has 1 saturated carbocycles. The van der Waals surface area contributed by atoms with E-state index in [1.54, 1.807) is 16.8 Å².